The molecule has 1 aliphatic rings. The van der Waals surface area contributed by atoms with Crippen molar-refractivity contribution in [3.05, 3.63) is 0 Å². The Kier molecular flexibility index (Phi) is 0.817. The lowest BCUT2D eigenvalue weighted by Gasteiger charge is -1.90. The van der Waals surface area contributed by atoms with E-state index in [9.17, 15) is 4.79 Å². The van der Waals surface area contributed by atoms with Crippen molar-refractivity contribution in [3.8, 4) is 0 Å². The molecule has 1 heterocycles. The van der Waals surface area contributed by atoms with Crippen molar-refractivity contribution in [2.75, 3.05) is 0 Å². The summed E-state index contributed by atoms with van der Waals surface area (Å²) in [7, 11) is 0. The Morgan fingerprint density at radius 3 is 2.71 bits per heavy atom. The van der Waals surface area contributed by atoms with E-state index in [-0.39, 0.29) is 12.2 Å². The van der Waals surface area contributed by atoms with E-state index in [4.69, 9.17) is 0 Å². The van der Waals surface area contributed by atoms with Crippen LogP contribution in [-0.4, -0.2) is 18.4 Å². The Hall–Kier alpha value is -0.860. The van der Waals surface area contributed by atoms with Gasteiger partial charge >= 0.3 is 5.97 Å². The number of carbonyl (C=O) groups excluding carboxylic acids is 1. The molecule has 0 bridgehead atoms. The molecule has 1 atom stereocenters. The van der Waals surface area contributed by atoms with Gasteiger partial charge in [0.05, 0.1) is 6.21 Å². The number of carbonyl (C=O) groups is 1. The summed E-state index contributed by atoms with van der Waals surface area (Å²) in [6.45, 7) is 1.36. The third-order valence-corrected chi connectivity index (χ3v) is 0.557. The molecule has 0 fully saturated rings. The molecule has 7 heavy (non-hydrogen) atoms. The van der Waals surface area contributed by atoms with E-state index in [1.165, 1.54) is 6.92 Å². The smallest absolute Gasteiger partial charge is 0.304 e. The molecule has 0 aliphatic carbocycles. The summed E-state index contributed by atoms with van der Waals surface area (Å²) < 4.78 is 4.50. The van der Waals surface area contributed by atoms with Gasteiger partial charge in [0.2, 0.25) is 6.23 Å². The first-order valence-electron chi connectivity index (χ1n) is 1.99. The van der Waals surface area contributed by atoms with E-state index in [0.29, 0.717) is 0 Å². The predicted molar refractivity (Wildman–Crippen MR) is 24.0 cm³/mol. The summed E-state index contributed by atoms with van der Waals surface area (Å²) in [5, 5.41) is 0. The Balaban J connectivity index is 2.10. The van der Waals surface area contributed by atoms with Gasteiger partial charge in [-0.2, -0.15) is 0 Å². The second kappa shape index (κ2) is 1.33. The standard InChI is InChI=1S/C4H5NO2/c1-3(6)7-4-2-5-4/h2,4H,1H3. The molecule has 1 unspecified atom stereocenters. The number of esters is 1. The van der Waals surface area contributed by atoms with Crippen molar-refractivity contribution < 1.29 is 9.53 Å². The van der Waals surface area contributed by atoms with Crippen LogP contribution in [0.1, 0.15) is 6.92 Å². The average molecular weight is 99.1 g/mol. The van der Waals surface area contributed by atoms with Crippen LogP contribution >= 0.6 is 0 Å². The maximum absolute atomic E-state index is 9.99. The van der Waals surface area contributed by atoms with Crippen LogP contribution in [0.3, 0.4) is 0 Å². The quantitative estimate of drug-likeness (QED) is 0.432. The molecule has 0 aromatic rings. The molecule has 0 saturated carbocycles. The van der Waals surface area contributed by atoms with Gasteiger partial charge in [0.25, 0.3) is 0 Å². The van der Waals surface area contributed by atoms with Crippen LogP contribution < -0.4 is 0 Å². The van der Waals surface area contributed by atoms with Gasteiger partial charge in [0.15, 0.2) is 0 Å². The van der Waals surface area contributed by atoms with Gasteiger partial charge in [-0.05, 0) is 0 Å². The summed E-state index contributed by atoms with van der Waals surface area (Å²) in [6, 6.07) is 0. The van der Waals surface area contributed by atoms with E-state index in [0.717, 1.165) is 0 Å². The molecule has 3 heteroatoms. The molecule has 3 nitrogen and oxygen atoms in total. The molecule has 0 saturated heterocycles. The number of hydrogen-bond acceptors (Lipinski definition) is 3. The number of rotatable bonds is 1. The number of ether oxygens (including phenoxy) is 1. The Morgan fingerprint density at radius 1 is 2.00 bits per heavy atom. The van der Waals surface area contributed by atoms with Crippen LogP contribution in [0.4, 0.5) is 0 Å². The van der Waals surface area contributed by atoms with Crippen LogP contribution in [0.2, 0.25) is 0 Å². The minimum absolute atomic E-state index is 0.225. The van der Waals surface area contributed by atoms with Crippen LogP contribution in [0.25, 0.3) is 0 Å². The molecular weight excluding hydrogens is 94.0 g/mol. The van der Waals surface area contributed by atoms with Crippen molar-refractivity contribution >= 4 is 12.2 Å². The molecular formula is C4H5NO2. The molecule has 0 spiro atoms. The van der Waals surface area contributed by atoms with Crippen molar-refractivity contribution in [1.82, 2.24) is 0 Å². The van der Waals surface area contributed by atoms with Gasteiger partial charge in [-0.15, -0.1) is 0 Å². The fourth-order valence-corrected chi connectivity index (χ4v) is 0.266. The molecule has 1 rings (SSSR count). The molecule has 38 valence electrons. The lowest BCUT2D eigenvalue weighted by atomic mass is 10.8. The van der Waals surface area contributed by atoms with E-state index >= 15 is 0 Å². The van der Waals surface area contributed by atoms with Crippen molar-refractivity contribution in [2.45, 2.75) is 13.2 Å². The third-order valence-electron chi connectivity index (χ3n) is 0.557. The maximum atomic E-state index is 9.99. The summed E-state index contributed by atoms with van der Waals surface area (Å²) in [5.74, 6) is -0.275. The molecule has 0 aromatic carbocycles. The summed E-state index contributed by atoms with van der Waals surface area (Å²) in [5.41, 5.74) is 0. The number of nitrogens with zero attached hydrogens (tertiary/aromatic N) is 1. The molecule has 0 N–H and O–H groups in total. The van der Waals surface area contributed by atoms with E-state index in [1.807, 2.05) is 0 Å². The highest BCUT2D eigenvalue weighted by Gasteiger charge is 2.14. The first kappa shape index (κ1) is 4.30. The lowest BCUT2D eigenvalue weighted by molar-refractivity contribution is -0.141. The summed E-state index contributed by atoms with van der Waals surface area (Å²) >= 11 is 0. The monoisotopic (exact) mass is 99.0 g/mol. The maximum Gasteiger partial charge on any atom is 0.304 e. The lowest BCUT2D eigenvalue weighted by Crippen LogP contribution is -2.01. The minimum atomic E-state index is -0.275. The van der Waals surface area contributed by atoms with Crippen LogP contribution in [0.5, 0.6) is 0 Å². The Morgan fingerprint density at radius 2 is 2.57 bits per heavy atom. The summed E-state index contributed by atoms with van der Waals surface area (Å²) in [6.07, 6.45) is 1.35. The minimum Gasteiger partial charge on any atom is -0.435 e. The van der Waals surface area contributed by atoms with Crippen LogP contribution in [0, 0.1) is 0 Å². The van der Waals surface area contributed by atoms with Crippen LogP contribution in [0.15, 0.2) is 4.99 Å². The SMILES string of the molecule is CC(=O)OC1C=N1. The van der Waals surface area contributed by atoms with E-state index in [2.05, 4.69) is 9.73 Å². The highest BCUT2D eigenvalue weighted by atomic mass is 16.6. The second-order valence-electron chi connectivity index (χ2n) is 1.30. The number of aliphatic imine (C=N–C) groups is 1. The highest BCUT2D eigenvalue weighted by Crippen LogP contribution is 2.01. The van der Waals surface area contributed by atoms with Gasteiger partial charge in [-0.3, -0.25) is 4.79 Å². The van der Waals surface area contributed by atoms with E-state index < -0.39 is 0 Å². The second-order valence-corrected chi connectivity index (χ2v) is 1.30. The zero-order chi connectivity index (χ0) is 5.28. The van der Waals surface area contributed by atoms with Crippen molar-refractivity contribution in [1.29, 1.82) is 0 Å². The average Bonchev–Trinajstić information content (AvgIpc) is 2.17. The van der Waals surface area contributed by atoms with Gasteiger partial charge in [-0.1, -0.05) is 0 Å². The fourth-order valence-electron chi connectivity index (χ4n) is 0.266. The van der Waals surface area contributed by atoms with Gasteiger partial charge in [-0.25, -0.2) is 4.99 Å². The topological polar surface area (TPSA) is 38.7 Å². The molecule has 0 aromatic heterocycles. The first-order valence-corrected chi connectivity index (χ1v) is 1.99. The molecule has 0 radical (unpaired) electrons. The van der Waals surface area contributed by atoms with Gasteiger partial charge in [0.1, 0.15) is 0 Å². The largest absolute Gasteiger partial charge is 0.435 e. The van der Waals surface area contributed by atoms with Gasteiger partial charge < -0.3 is 4.74 Å². The van der Waals surface area contributed by atoms with E-state index in [1.54, 1.807) is 6.21 Å². The zero-order valence-electron chi connectivity index (χ0n) is 3.92. The normalized spacial score (nSPS) is 24.4. The first-order chi connectivity index (χ1) is 3.29. The van der Waals surface area contributed by atoms with Gasteiger partial charge in [0, 0.05) is 6.92 Å². The number of hydrogen-bond donors (Lipinski definition) is 0. The molecule has 1 aliphatic heterocycles. The molecule has 0 amide bonds. The Bertz CT molecular complexity index is 113. The summed E-state index contributed by atoms with van der Waals surface area (Å²) in [4.78, 5) is 13.6. The van der Waals surface area contributed by atoms with Crippen molar-refractivity contribution in [2.24, 2.45) is 4.99 Å². The zero-order valence-corrected chi connectivity index (χ0v) is 3.92. The fraction of sp³-hybridized carbons (Fsp3) is 0.500. The highest BCUT2D eigenvalue weighted by molar-refractivity contribution is 5.79. The van der Waals surface area contributed by atoms with Crippen molar-refractivity contribution in [3.63, 3.8) is 0 Å². The Labute approximate surface area is 41.0 Å². The predicted octanol–water partition coefficient (Wildman–Crippen LogP) is -0.0400. The third kappa shape index (κ3) is 1.34. The van der Waals surface area contributed by atoms with Crippen LogP contribution in [-0.2, 0) is 9.53 Å².